The first-order valence-corrected chi connectivity index (χ1v) is 8.53. The molecule has 2 N–H and O–H groups in total. The van der Waals surface area contributed by atoms with E-state index in [2.05, 4.69) is 30.0 Å². The van der Waals surface area contributed by atoms with E-state index in [1.807, 2.05) is 36.4 Å². The molecule has 1 heterocycles. The number of amides is 1. The fraction of sp³-hybridized carbons (Fsp3) is 0.350. The molecule has 1 saturated heterocycles. The summed E-state index contributed by atoms with van der Waals surface area (Å²) >= 11 is 0. The van der Waals surface area contributed by atoms with Gasteiger partial charge in [0.25, 0.3) is 5.91 Å². The first-order chi connectivity index (χ1) is 12.1. The third kappa shape index (κ3) is 5.05. The second kappa shape index (κ2) is 8.14. The number of nitrogens with two attached hydrogens (primary N) is 1. The summed E-state index contributed by atoms with van der Waals surface area (Å²) in [6, 6.07) is 18.1. The van der Waals surface area contributed by atoms with Crippen LogP contribution in [0.5, 0.6) is 5.75 Å². The van der Waals surface area contributed by atoms with Crippen LogP contribution in [0.4, 0.5) is 0 Å². The van der Waals surface area contributed by atoms with E-state index in [-0.39, 0.29) is 18.8 Å². The van der Waals surface area contributed by atoms with Crippen LogP contribution in [0.1, 0.15) is 24.2 Å². The van der Waals surface area contributed by atoms with Crippen LogP contribution in [0.15, 0.2) is 54.6 Å². The fourth-order valence-electron chi connectivity index (χ4n) is 3.17. The lowest BCUT2D eigenvalue weighted by Gasteiger charge is -2.37. The van der Waals surface area contributed by atoms with Crippen LogP contribution in [0.3, 0.4) is 0 Å². The Morgan fingerprint density at radius 2 is 2.00 bits per heavy atom. The number of carbonyl (C=O) groups is 1. The van der Waals surface area contributed by atoms with E-state index in [9.17, 15) is 4.79 Å². The van der Waals surface area contributed by atoms with Gasteiger partial charge in [0, 0.05) is 19.6 Å². The van der Waals surface area contributed by atoms with Gasteiger partial charge in [-0.3, -0.25) is 9.69 Å². The molecule has 0 aliphatic carbocycles. The summed E-state index contributed by atoms with van der Waals surface area (Å²) in [6.07, 6.45) is 0.257. The van der Waals surface area contributed by atoms with Crippen molar-refractivity contribution < 1.29 is 14.3 Å². The quantitative estimate of drug-likeness (QED) is 0.877. The maximum Gasteiger partial charge on any atom is 0.255 e. The van der Waals surface area contributed by atoms with Crippen LogP contribution in [-0.4, -0.2) is 36.6 Å². The van der Waals surface area contributed by atoms with Gasteiger partial charge in [-0.1, -0.05) is 42.5 Å². The van der Waals surface area contributed by atoms with Crippen molar-refractivity contribution in [2.45, 2.75) is 25.7 Å². The van der Waals surface area contributed by atoms with Crippen molar-refractivity contribution in [2.24, 2.45) is 5.73 Å². The van der Waals surface area contributed by atoms with Gasteiger partial charge in [0.15, 0.2) is 6.61 Å². The Labute approximate surface area is 148 Å². The summed E-state index contributed by atoms with van der Waals surface area (Å²) in [5, 5.41) is 0. The predicted molar refractivity (Wildman–Crippen MR) is 96.1 cm³/mol. The van der Waals surface area contributed by atoms with Crippen molar-refractivity contribution in [3.63, 3.8) is 0 Å². The number of primary amides is 1. The molecule has 5 heteroatoms. The molecule has 2 atom stereocenters. The lowest BCUT2D eigenvalue weighted by Crippen LogP contribution is -2.42. The number of rotatable bonds is 6. The first-order valence-electron chi connectivity index (χ1n) is 8.53. The highest BCUT2D eigenvalue weighted by Crippen LogP contribution is 2.26. The Hall–Kier alpha value is -2.37. The van der Waals surface area contributed by atoms with E-state index >= 15 is 0 Å². The molecule has 1 fully saturated rings. The summed E-state index contributed by atoms with van der Waals surface area (Å²) in [6.45, 7) is 4.55. The van der Waals surface area contributed by atoms with Crippen LogP contribution < -0.4 is 10.5 Å². The summed E-state index contributed by atoms with van der Waals surface area (Å²) in [7, 11) is 0. The molecule has 1 amide bonds. The van der Waals surface area contributed by atoms with Gasteiger partial charge in [0.1, 0.15) is 5.75 Å². The molecule has 0 unspecified atom stereocenters. The monoisotopic (exact) mass is 340 g/mol. The number of hydrogen-bond donors (Lipinski definition) is 1. The summed E-state index contributed by atoms with van der Waals surface area (Å²) < 4.78 is 11.5. The molecule has 25 heavy (non-hydrogen) atoms. The average molecular weight is 340 g/mol. The molecule has 0 spiro atoms. The molecule has 1 aliphatic heterocycles. The highest BCUT2D eigenvalue weighted by atomic mass is 16.5. The van der Waals surface area contributed by atoms with E-state index in [0.717, 1.165) is 25.2 Å². The van der Waals surface area contributed by atoms with Gasteiger partial charge in [-0.25, -0.2) is 0 Å². The highest BCUT2D eigenvalue weighted by molar-refractivity contribution is 5.75. The lowest BCUT2D eigenvalue weighted by molar-refractivity contribution is -0.119. The Kier molecular flexibility index (Phi) is 5.68. The smallest absolute Gasteiger partial charge is 0.255 e. The summed E-state index contributed by atoms with van der Waals surface area (Å²) in [5.74, 6) is 0.190. The minimum atomic E-state index is -0.474. The van der Waals surface area contributed by atoms with Gasteiger partial charge < -0.3 is 15.2 Å². The summed E-state index contributed by atoms with van der Waals surface area (Å²) in [5.41, 5.74) is 7.48. The molecule has 0 radical (unpaired) electrons. The van der Waals surface area contributed by atoms with E-state index in [1.54, 1.807) is 0 Å². The van der Waals surface area contributed by atoms with Gasteiger partial charge >= 0.3 is 0 Å². The minimum Gasteiger partial charge on any atom is -0.484 e. The molecular formula is C20H24N2O3. The second-order valence-corrected chi connectivity index (χ2v) is 6.44. The number of nitrogens with zero attached hydrogens (tertiary/aromatic N) is 1. The number of carbonyl (C=O) groups excluding carboxylic acids is 1. The number of ether oxygens (including phenoxy) is 2. The molecular weight excluding hydrogens is 316 g/mol. The van der Waals surface area contributed by atoms with Crippen LogP contribution in [0, 0.1) is 0 Å². The Morgan fingerprint density at radius 1 is 1.20 bits per heavy atom. The maximum absolute atomic E-state index is 10.9. The predicted octanol–water partition coefficient (Wildman–Crippen LogP) is 2.51. The molecule has 2 aromatic rings. The first kappa shape index (κ1) is 17.5. The zero-order valence-electron chi connectivity index (χ0n) is 14.4. The van der Waals surface area contributed by atoms with E-state index in [1.165, 1.54) is 5.56 Å². The Bertz CT molecular complexity index is 705. The SMILES string of the molecule is C[C@H]1CN(Cc2cccc(OCC(N)=O)c2)C[C@H](c2ccccc2)O1. The number of benzene rings is 2. The van der Waals surface area contributed by atoms with Crippen molar-refractivity contribution in [2.75, 3.05) is 19.7 Å². The lowest BCUT2D eigenvalue weighted by atomic mass is 10.1. The van der Waals surface area contributed by atoms with E-state index in [0.29, 0.717) is 5.75 Å². The van der Waals surface area contributed by atoms with Gasteiger partial charge in [-0.2, -0.15) is 0 Å². The van der Waals surface area contributed by atoms with Gasteiger partial charge in [0.05, 0.1) is 12.2 Å². The zero-order chi connectivity index (χ0) is 17.6. The van der Waals surface area contributed by atoms with Crippen molar-refractivity contribution in [3.05, 3.63) is 65.7 Å². The molecule has 0 saturated carbocycles. The molecule has 1 aliphatic rings. The fourth-order valence-corrected chi connectivity index (χ4v) is 3.17. The van der Waals surface area contributed by atoms with Crippen LogP contribution in [-0.2, 0) is 16.1 Å². The molecule has 132 valence electrons. The maximum atomic E-state index is 10.9. The van der Waals surface area contributed by atoms with Crippen LogP contribution >= 0.6 is 0 Å². The second-order valence-electron chi connectivity index (χ2n) is 6.44. The topological polar surface area (TPSA) is 64.8 Å². The molecule has 5 nitrogen and oxygen atoms in total. The minimum absolute atomic E-state index is 0.0826. The largest absolute Gasteiger partial charge is 0.484 e. The molecule has 0 bridgehead atoms. The van der Waals surface area contributed by atoms with E-state index < -0.39 is 5.91 Å². The normalized spacial score (nSPS) is 21.0. The number of hydrogen-bond acceptors (Lipinski definition) is 4. The van der Waals surface area contributed by atoms with Crippen molar-refractivity contribution in [1.29, 1.82) is 0 Å². The third-order valence-corrected chi connectivity index (χ3v) is 4.19. The number of morpholine rings is 1. The van der Waals surface area contributed by atoms with Gasteiger partial charge in [-0.05, 0) is 30.2 Å². The van der Waals surface area contributed by atoms with Crippen LogP contribution in [0.2, 0.25) is 0 Å². The van der Waals surface area contributed by atoms with Gasteiger partial charge in [0.2, 0.25) is 0 Å². The standard InChI is InChI=1S/C20H24N2O3/c1-15-11-22(13-19(25-15)17-7-3-2-4-8-17)12-16-6-5-9-18(10-16)24-14-20(21)23/h2-10,15,19H,11-14H2,1H3,(H2,21,23)/t15-,19+/m0/s1. The zero-order valence-corrected chi connectivity index (χ0v) is 14.4. The van der Waals surface area contributed by atoms with E-state index in [4.69, 9.17) is 15.2 Å². The highest BCUT2D eigenvalue weighted by Gasteiger charge is 2.26. The van der Waals surface area contributed by atoms with Crippen molar-refractivity contribution in [3.8, 4) is 5.75 Å². The van der Waals surface area contributed by atoms with Crippen molar-refractivity contribution in [1.82, 2.24) is 4.90 Å². The van der Waals surface area contributed by atoms with Gasteiger partial charge in [-0.15, -0.1) is 0 Å². The summed E-state index contributed by atoms with van der Waals surface area (Å²) in [4.78, 5) is 13.2. The molecule has 0 aromatic heterocycles. The molecule has 2 aromatic carbocycles. The molecule has 3 rings (SSSR count). The van der Waals surface area contributed by atoms with Crippen LogP contribution in [0.25, 0.3) is 0 Å². The third-order valence-electron chi connectivity index (χ3n) is 4.19. The average Bonchev–Trinajstić information content (AvgIpc) is 2.60. The Morgan fingerprint density at radius 3 is 2.76 bits per heavy atom. The Balaban J connectivity index is 1.65. The van der Waals surface area contributed by atoms with Crippen molar-refractivity contribution >= 4 is 5.91 Å².